The molecule has 86 valence electrons. The van der Waals surface area contributed by atoms with Gasteiger partial charge in [0.1, 0.15) is 0 Å². The van der Waals surface area contributed by atoms with Crippen molar-refractivity contribution in [3.8, 4) is 0 Å². The molecule has 0 saturated heterocycles. The fourth-order valence-electron chi connectivity index (χ4n) is 2.44. The van der Waals surface area contributed by atoms with Crippen molar-refractivity contribution in [1.82, 2.24) is 4.57 Å². The molecule has 0 N–H and O–H groups in total. The van der Waals surface area contributed by atoms with Crippen LogP contribution in [0.15, 0.2) is 30.3 Å². The second-order valence-corrected chi connectivity index (χ2v) is 5.45. The van der Waals surface area contributed by atoms with E-state index < -0.39 is 0 Å². The van der Waals surface area contributed by atoms with Crippen LogP contribution >= 0.6 is 0 Å². The van der Waals surface area contributed by atoms with Crippen molar-refractivity contribution in [1.29, 1.82) is 0 Å². The zero-order valence-electron chi connectivity index (χ0n) is 10.7. The largest absolute Gasteiger partial charge is 0.339 e. The summed E-state index contributed by atoms with van der Waals surface area (Å²) in [5, 5.41) is 1.36. The summed E-state index contributed by atoms with van der Waals surface area (Å²) >= 11 is 0. The van der Waals surface area contributed by atoms with Crippen molar-refractivity contribution in [2.24, 2.45) is 0 Å². The summed E-state index contributed by atoms with van der Waals surface area (Å²) in [7, 11) is 0. The number of fused-ring (bicyclic) bond motifs is 1. The summed E-state index contributed by atoms with van der Waals surface area (Å²) in [6, 6.07) is 11.0. The summed E-state index contributed by atoms with van der Waals surface area (Å²) in [5.74, 6) is 0. The quantitative estimate of drug-likeness (QED) is 0.702. The minimum Gasteiger partial charge on any atom is -0.339 e. The van der Waals surface area contributed by atoms with E-state index in [9.17, 15) is 0 Å². The van der Waals surface area contributed by atoms with Crippen molar-refractivity contribution in [2.75, 3.05) is 0 Å². The van der Waals surface area contributed by atoms with E-state index in [0.29, 0.717) is 0 Å². The number of aromatic nitrogens is 1. The van der Waals surface area contributed by atoms with Crippen LogP contribution in [0.3, 0.4) is 0 Å². The summed E-state index contributed by atoms with van der Waals surface area (Å²) < 4.78 is 2.48. The summed E-state index contributed by atoms with van der Waals surface area (Å²) in [6.45, 7) is 9.07. The maximum Gasteiger partial charge on any atom is 0.0487 e. The van der Waals surface area contributed by atoms with Crippen LogP contribution in [0.25, 0.3) is 10.9 Å². The van der Waals surface area contributed by atoms with E-state index in [2.05, 4.69) is 62.6 Å². The van der Waals surface area contributed by atoms with Crippen LogP contribution in [-0.4, -0.2) is 4.57 Å². The highest BCUT2D eigenvalue weighted by molar-refractivity contribution is 5.81. The van der Waals surface area contributed by atoms with Crippen LogP contribution in [-0.2, 0) is 12.0 Å². The Morgan fingerprint density at radius 2 is 1.81 bits per heavy atom. The van der Waals surface area contributed by atoms with Crippen LogP contribution in [0.4, 0.5) is 0 Å². The average molecular weight is 215 g/mol. The summed E-state index contributed by atoms with van der Waals surface area (Å²) in [5.41, 5.74) is 2.97. The molecular weight excluding hydrogens is 194 g/mol. The van der Waals surface area contributed by atoms with Gasteiger partial charge in [0, 0.05) is 16.7 Å². The fraction of sp³-hybridized carbons (Fsp3) is 0.467. The maximum absolute atomic E-state index is 2.48. The number of hydrogen-bond donors (Lipinski definition) is 0. The van der Waals surface area contributed by atoms with Gasteiger partial charge in [-0.15, -0.1) is 0 Å². The maximum atomic E-state index is 2.48. The Bertz CT molecular complexity index is 486. The van der Waals surface area contributed by atoms with E-state index in [0.717, 1.165) is 6.42 Å². The van der Waals surface area contributed by atoms with E-state index in [1.807, 2.05) is 0 Å². The van der Waals surface area contributed by atoms with Gasteiger partial charge in [0.05, 0.1) is 0 Å². The van der Waals surface area contributed by atoms with Gasteiger partial charge in [0.25, 0.3) is 0 Å². The van der Waals surface area contributed by atoms with Crippen molar-refractivity contribution in [3.05, 3.63) is 36.0 Å². The molecule has 2 aromatic rings. The van der Waals surface area contributed by atoms with E-state index in [4.69, 9.17) is 0 Å². The van der Waals surface area contributed by atoms with Gasteiger partial charge in [-0.2, -0.15) is 0 Å². The Balaban J connectivity index is 2.69. The van der Waals surface area contributed by atoms with Crippen LogP contribution in [0, 0.1) is 0 Å². The van der Waals surface area contributed by atoms with E-state index in [-0.39, 0.29) is 5.54 Å². The zero-order chi connectivity index (χ0) is 11.8. The lowest BCUT2D eigenvalue weighted by Gasteiger charge is -2.26. The molecule has 0 spiro atoms. The van der Waals surface area contributed by atoms with Crippen LogP contribution in [0.2, 0.25) is 0 Å². The van der Waals surface area contributed by atoms with Gasteiger partial charge in [-0.1, -0.05) is 31.5 Å². The second kappa shape index (κ2) is 3.97. The number of aryl methyl sites for hydroxylation is 1. The first-order valence-electron chi connectivity index (χ1n) is 6.14. The third kappa shape index (κ3) is 1.87. The van der Waals surface area contributed by atoms with Gasteiger partial charge in [0.15, 0.2) is 0 Å². The lowest BCUT2D eigenvalue weighted by Crippen LogP contribution is -2.23. The molecule has 1 nitrogen and oxygen atoms in total. The van der Waals surface area contributed by atoms with Gasteiger partial charge < -0.3 is 4.57 Å². The number of para-hydroxylation sites is 1. The molecule has 0 amide bonds. The Hall–Kier alpha value is -1.24. The third-order valence-electron chi connectivity index (χ3n) is 2.96. The van der Waals surface area contributed by atoms with Crippen molar-refractivity contribution in [3.63, 3.8) is 0 Å². The minimum absolute atomic E-state index is 0.160. The molecule has 1 heterocycles. The highest BCUT2D eigenvalue weighted by atomic mass is 15.1. The molecule has 0 aliphatic carbocycles. The van der Waals surface area contributed by atoms with Gasteiger partial charge in [-0.05, 0) is 44.7 Å². The highest BCUT2D eigenvalue weighted by Crippen LogP contribution is 2.28. The Kier molecular flexibility index (Phi) is 2.79. The van der Waals surface area contributed by atoms with E-state index in [1.165, 1.54) is 23.0 Å². The number of hydrogen-bond acceptors (Lipinski definition) is 0. The van der Waals surface area contributed by atoms with E-state index in [1.54, 1.807) is 0 Å². The standard InChI is InChI=1S/C15H21N/c1-5-8-13-11-12-9-6-7-10-14(12)16(13)15(2,3)4/h6-7,9-11H,5,8H2,1-4H3. The predicted molar refractivity (Wildman–Crippen MR) is 70.9 cm³/mol. The number of benzene rings is 1. The Morgan fingerprint density at radius 3 is 2.44 bits per heavy atom. The van der Waals surface area contributed by atoms with Crippen molar-refractivity contribution >= 4 is 10.9 Å². The average Bonchev–Trinajstić information content (AvgIpc) is 2.55. The first-order chi connectivity index (χ1) is 7.54. The SMILES string of the molecule is CCCc1cc2ccccc2n1C(C)(C)C. The molecule has 1 heteroatoms. The lowest BCUT2D eigenvalue weighted by atomic mass is 10.1. The summed E-state index contributed by atoms with van der Waals surface area (Å²) in [6.07, 6.45) is 2.36. The van der Waals surface area contributed by atoms with Crippen LogP contribution in [0.1, 0.15) is 39.8 Å². The van der Waals surface area contributed by atoms with Gasteiger partial charge >= 0.3 is 0 Å². The van der Waals surface area contributed by atoms with Crippen LogP contribution in [0.5, 0.6) is 0 Å². The monoisotopic (exact) mass is 215 g/mol. The summed E-state index contributed by atoms with van der Waals surface area (Å²) in [4.78, 5) is 0. The first-order valence-corrected chi connectivity index (χ1v) is 6.14. The van der Waals surface area contributed by atoms with Crippen molar-refractivity contribution < 1.29 is 0 Å². The molecule has 0 aliphatic rings. The highest BCUT2D eigenvalue weighted by Gasteiger charge is 2.18. The molecule has 0 unspecified atom stereocenters. The lowest BCUT2D eigenvalue weighted by molar-refractivity contribution is 0.397. The zero-order valence-corrected chi connectivity index (χ0v) is 10.7. The van der Waals surface area contributed by atoms with Crippen LogP contribution < -0.4 is 0 Å². The van der Waals surface area contributed by atoms with Gasteiger partial charge in [-0.3, -0.25) is 0 Å². The minimum atomic E-state index is 0.160. The smallest absolute Gasteiger partial charge is 0.0487 e. The molecule has 0 fully saturated rings. The molecule has 16 heavy (non-hydrogen) atoms. The molecule has 1 aromatic heterocycles. The number of rotatable bonds is 2. The molecule has 0 radical (unpaired) electrons. The molecule has 0 aliphatic heterocycles. The third-order valence-corrected chi connectivity index (χ3v) is 2.96. The molecule has 0 bridgehead atoms. The topological polar surface area (TPSA) is 4.93 Å². The fourth-order valence-corrected chi connectivity index (χ4v) is 2.44. The molecule has 0 saturated carbocycles. The van der Waals surface area contributed by atoms with Gasteiger partial charge in [0.2, 0.25) is 0 Å². The normalized spacial score (nSPS) is 12.2. The number of nitrogens with zero attached hydrogens (tertiary/aromatic N) is 1. The molecule has 0 atom stereocenters. The predicted octanol–water partition coefficient (Wildman–Crippen LogP) is 4.35. The Labute approximate surface area is 98.1 Å². The Morgan fingerprint density at radius 1 is 1.12 bits per heavy atom. The van der Waals surface area contributed by atoms with Crippen molar-refractivity contribution in [2.45, 2.75) is 46.1 Å². The molecular formula is C15H21N. The second-order valence-electron chi connectivity index (χ2n) is 5.45. The first kappa shape index (κ1) is 11.3. The molecule has 1 aromatic carbocycles. The van der Waals surface area contributed by atoms with Gasteiger partial charge in [-0.25, -0.2) is 0 Å². The molecule has 2 rings (SSSR count). The van der Waals surface area contributed by atoms with E-state index >= 15 is 0 Å².